The van der Waals surface area contributed by atoms with Crippen molar-refractivity contribution in [2.45, 2.75) is 5.92 Å². The van der Waals surface area contributed by atoms with Crippen molar-refractivity contribution in [2.75, 3.05) is 0 Å². The summed E-state index contributed by atoms with van der Waals surface area (Å²) in [5.74, 6) is 0.414. The number of benzene rings is 2. The smallest absolute Gasteiger partial charge is 0.0210 e. The summed E-state index contributed by atoms with van der Waals surface area (Å²) < 4.78 is 0. The van der Waals surface area contributed by atoms with Crippen molar-refractivity contribution in [1.82, 2.24) is 0 Å². The fourth-order valence-corrected chi connectivity index (χ4v) is 2.36. The van der Waals surface area contributed by atoms with Crippen molar-refractivity contribution in [3.05, 3.63) is 95.6 Å². The zero-order valence-electron chi connectivity index (χ0n) is 10.7. The number of rotatable bonds is 3. The maximum Gasteiger partial charge on any atom is 0.0210 e. The Labute approximate surface area is 114 Å². The standard InChI is InChI=1S/C19H16/c1-2-8-16(9-3-1)14-15-18-12-6-7-13-19(18)17-10-4-5-11-17/h1-15,17H. The van der Waals surface area contributed by atoms with Gasteiger partial charge in [0.1, 0.15) is 0 Å². The van der Waals surface area contributed by atoms with Crippen LogP contribution < -0.4 is 0 Å². The molecule has 0 atom stereocenters. The average Bonchev–Trinajstić information content (AvgIpc) is 3.01. The van der Waals surface area contributed by atoms with Crippen molar-refractivity contribution in [1.29, 1.82) is 0 Å². The van der Waals surface area contributed by atoms with Crippen molar-refractivity contribution in [3.8, 4) is 0 Å². The quantitative estimate of drug-likeness (QED) is 0.661. The van der Waals surface area contributed by atoms with Gasteiger partial charge >= 0.3 is 0 Å². The van der Waals surface area contributed by atoms with Gasteiger partial charge in [0, 0.05) is 5.92 Å². The highest BCUT2D eigenvalue weighted by Gasteiger charge is 2.09. The van der Waals surface area contributed by atoms with Gasteiger partial charge in [-0.1, -0.05) is 91.1 Å². The minimum atomic E-state index is 0.414. The number of hydrogen-bond acceptors (Lipinski definition) is 0. The molecule has 0 bridgehead atoms. The molecule has 0 unspecified atom stereocenters. The van der Waals surface area contributed by atoms with E-state index in [4.69, 9.17) is 0 Å². The van der Waals surface area contributed by atoms with E-state index in [-0.39, 0.29) is 0 Å². The molecule has 0 amide bonds. The van der Waals surface area contributed by atoms with Crippen LogP contribution in [0.1, 0.15) is 22.6 Å². The molecule has 0 N–H and O–H groups in total. The minimum Gasteiger partial charge on any atom is -0.0732 e. The first-order valence-corrected chi connectivity index (χ1v) is 6.60. The lowest BCUT2D eigenvalue weighted by Crippen LogP contribution is -1.92. The molecule has 1 aliphatic rings. The van der Waals surface area contributed by atoms with Crippen LogP contribution in [0.2, 0.25) is 0 Å². The van der Waals surface area contributed by atoms with Crippen molar-refractivity contribution >= 4 is 12.2 Å². The van der Waals surface area contributed by atoms with E-state index in [1.165, 1.54) is 16.7 Å². The predicted molar refractivity (Wildman–Crippen MR) is 82.8 cm³/mol. The second-order valence-electron chi connectivity index (χ2n) is 4.67. The van der Waals surface area contributed by atoms with Crippen LogP contribution in [-0.4, -0.2) is 0 Å². The second kappa shape index (κ2) is 5.53. The van der Waals surface area contributed by atoms with Crippen LogP contribution in [0, 0.1) is 0 Å². The summed E-state index contributed by atoms with van der Waals surface area (Å²) in [5.41, 5.74) is 3.88. The van der Waals surface area contributed by atoms with E-state index < -0.39 is 0 Å². The van der Waals surface area contributed by atoms with Gasteiger partial charge in [0.25, 0.3) is 0 Å². The molecule has 2 aromatic carbocycles. The fraction of sp³-hybridized carbons (Fsp3) is 0.0526. The topological polar surface area (TPSA) is 0 Å². The molecule has 92 valence electrons. The van der Waals surface area contributed by atoms with Crippen LogP contribution in [0.5, 0.6) is 0 Å². The molecule has 0 spiro atoms. The minimum absolute atomic E-state index is 0.414. The first-order chi connectivity index (χ1) is 9.43. The van der Waals surface area contributed by atoms with Crippen molar-refractivity contribution < 1.29 is 0 Å². The van der Waals surface area contributed by atoms with Gasteiger partial charge in [-0.25, -0.2) is 0 Å². The number of allylic oxidation sites excluding steroid dienone is 4. The molecule has 0 nitrogen and oxygen atoms in total. The van der Waals surface area contributed by atoms with Crippen LogP contribution in [0.3, 0.4) is 0 Å². The third kappa shape index (κ3) is 2.74. The monoisotopic (exact) mass is 244 g/mol. The Balaban J connectivity index is 1.91. The summed E-state index contributed by atoms with van der Waals surface area (Å²) in [6, 6.07) is 19.0. The maximum atomic E-state index is 2.23. The Morgan fingerprint density at radius 3 is 2.16 bits per heavy atom. The lowest BCUT2D eigenvalue weighted by atomic mass is 9.95. The first-order valence-electron chi connectivity index (χ1n) is 6.60. The Morgan fingerprint density at radius 2 is 1.37 bits per heavy atom. The molecule has 3 rings (SSSR count). The summed E-state index contributed by atoms with van der Waals surface area (Å²) in [5, 5.41) is 0. The number of hydrogen-bond donors (Lipinski definition) is 0. The largest absolute Gasteiger partial charge is 0.0732 e. The van der Waals surface area contributed by atoms with Gasteiger partial charge in [-0.15, -0.1) is 0 Å². The second-order valence-corrected chi connectivity index (χ2v) is 4.67. The van der Waals surface area contributed by atoms with Crippen LogP contribution in [0.25, 0.3) is 12.2 Å². The average molecular weight is 244 g/mol. The Morgan fingerprint density at radius 1 is 0.684 bits per heavy atom. The molecule has 1 aliphatic carbocycles. The van der Waals surface area contributed by atoms with Crippen molar-refractivity contribution in [2.24, 2.45) is 0 Å². The molecule has 19 heavy (non-hydrogen) atoms. The lowest BCUT2D eigenvalue weighted by molar-refractivity contribution is 1.10. The van der Waals surface area contributed by atoms with Gasteiger partial charge in [0.05, 0.1) is 0 Å². The summed E-state index contributed by atoms with van der Waals surface area (Å²) >= 11 is 0. The van der Waals surface area contributed by atoms with E-state index in [2.05, 4.69) is 85.0 Å². The van der Waals surface area contributed by atoms with Gasteiger partial charge < -0.3 is 0 Å². The van der Waals surface area contributed by atoms with Crippen LogP contribution in [0.15, 0.2) is 78.9 Å². The molecular formula is C19H16. The zero-order valence-corrected chi connectivity index (χ0v) is 10.7. The molecule has 0 aromatic heterocycles. The van der Waals surface area contributed by atoms with E-state index in [1.54, 1.807) is 0 Å². The van der Waals surface area contributed by atoms with E-state index in [9.17, 15) is 0 Å². The molecular weight excluding hydrogens is 228 g/mol. The molecule has 0 fully saturated rings. The summed E-state index contributed by atoms with van der Waals surface area (Å²) in [7, 11) is 0. The SMILES string of the molecule is C1=CC(c2ccccc2C=Cc2ccccc2)C=C1. The summed E-state index contributed by atoms with van der Waals surface area (Å²) in [4.78, 5) is 0. The van der Waals surface area contributed by atoms with Gasteiger partial charge in [-0.05, 0) is 16.7 Å². The fourth-order valence-electron chi connectivity index (χ4n) is 2.36. The van der Waals surface area contributed by atoms with Gasteiger partial charge in [-0.3, -0.25) is 0 Å². The highest BCUT2D eigenvalue weighted by atomic mass is 14.1. The molecule has 0 aliphatic heterocycles. The Kier molecular flexibility index (Phi) is 3.42. The van der Waals surface area contributed by atoms with Gasteiger partial charge in [-0.2, -0.15) is 0 Å². The normalized spacial score (nSPS) is 14.5. The highest BCUT2D eigenvalue weighted by molar-refractivity contribution is 5.72. The van der Waals surface area contributed by atoms with Crippen LogP contribution in [0.4, 0.5) is 0 Å². The molecule has 0 heterocycles. The molecule has 0 saturated heterocycles. The Bertz CT molecular complexity index is 618. The van der Waals surface area contributed by atoms with E-state index in [1.807, 2.05) is 6.07 Å². The van der Waals surface area contributed by atoms with E-state index in [0.29, 0.717) is 5.92 Å². The van der Waals surface area contributed by atoms with Crippen molar-refractivity contribution in [3.63, 3.8) is 0 Å². The van der Waals surface area contributed by atoms with Crippen LogP contribution >= 0.6 is 0 Å². The maximum absolute atomic E-state index is 2.23. The molecule has 0 saturated carbocycles. The molecule has 0 heteroatoms. The lowest BCUT2D eigenvalue weighted by Gasteiger charge is -2.09. The van der Waals surface area contributed by atoms with Gasteiger partial charge in [0.2, 0.25) is 0 Å². The van der Waals surface area contributed by atoms with E-state index in [0.717, 1.165) is 0 Å². The molecule has 2 aromatic rings. The Hall–Kier alpha value is -2.34. The summed E-state index contributed by atoms with van der Waals surface area (Å²) in [6.45, 7) is 0. The zero-order chi connectivity index (χ0) is 12.9. The molecule has 0 radical (unpaired) electrons. The van der Waals surface area contributed by atoms with Crippen LogP contribution in [-0.2, 0) is 0 Å². The third-order valence-corrected chi connectivity index (χ3v) is 3.36. The highest BCUT2D eigenvalue weighted by Crippen LogP contribution is 2.27. The third-order valence-electron chi connectivity index (χ3n) is 3.36. The van der Waals surface area contributed by atoms with Gasteiger partial charge in [0.15, 0.2) is 0 Å². The summed E-state index contributed by atoms with van der Waals surface area (Å²) in [6.07, 6.45) is 13.1. The first kappa shape index (κ1) is 11.7. The predicted octanol–water partition coefficient (Wildman–Crippen LogP) is 5.07. The van der Waals surface area contributed by atoms with E-state index >= 15 is 0 Å².